The molecular formula is C18H17N3O4. The minimum Gasteiger partial charge on any atom is -0.457 e. The molecule has 1 saturated heterocycles. The molecule has 3 rings (SSSR count). The van der Waals surface area contributed by atoms with Crippen molar-refractivity contribution in [2.24, 2.45) is 0 Å². The second-order valence-corrected chi connectivity index (χ2v) is 5.61. The van der Waals surface area contributed by atoms with Gasteiger partial charge in [0.15, 0.2) is 0 Å². The molecule has 1 fully saturated rings. The Balaban J connectivity index is 1.57. The van der Waals surface area contributed by atoms with E-state index in [-0.39, 0.29) is 19.0 Å². The molecule has 1 N–H and O–H groups in total. The molecule has 0 radical (unpaired) electrons. The summed E-state index contributed by atoms with van der Waals surface area (Å²) in [5.41, 5.74) is 0.554. The molecule has 0 saturated carbocycles. The van der Waals surface area contributed by atoms with Gasteiger partial charge in [0.1, 0.15) is 24.6 Å². The first-order chi connectivity index (χ1) is 12.0. The number of para-hydroxylation sites is 1. The predicted molar refractivity (Wildman–Crippen MR) is 91.3 cm³/mol. The van der Waals surface area contributed by atoms with Gasteiger partial charge in [-0.1, -0.05) is 18.2 Å². The molecular weight excluding hydrogens is 322 g/mol. The van der Waals surface area contributed by atoms with E-state index < -0.39 is 11.9 Å². The summed E-state index contributed by atoms with van der Waals surface area (Å²) in [7, 11) is 1.52. The third kappa shape index (κ3) is 3.95. The zero-order valence-corrected chi connectivity index (χ0v) is 13.6. The van der Waals surface area contributed by atoms with Crippen molar-refractivity contribution in [3.05, 3.63) is 54.6 Å². The summed E-state index contributed by atoms with van der Waals surface area (Å²) < 4.78 is 5.67. The largest absolute Gasteiger partial charge is 0.457 e. The van der Waals surface area contributed by atoms with Crippen molar-refractivity contribution in [1.29, 1.82) is 0 Å². The number of rotatable bonds is 5. The minimum atomic E-state index is -0.466. The second kappa shape index (κ2) is 7.04. The lowest BCUT2D eigenvalue weighted by Crippen LogP contribution is -2.38. The minimum absolute atomic E-state index is 0.00235. The maximum Gasteiger partial charge on any atom is 0.327 e. The first-order valence-corrected chi connectivity index (χ1v) is 7.71. The highest BCUT2D eigenvalue weighted by molar-refractivity contribution is 6.06. The number of nitrogens with zero attached hydrogens (tertiary/aromatic N) is 2. The van der Waals surface area contributed by atoms with E-state index in [2.05, 4.69) is 5.32 Å². The van der Waals surface area contributed by atoms with E-state index >= 15 is 0 Å². The zero-order valence-electron chi connectivity index (χ0n) is 13.6. The Morgan fingerprint density at radius 2 is 1.68 bits per heavy atom. The number of hydrogen-bond donors (Lipinski definition) is 1. The van der Waals surface area contributed by atoms with Crippen LogP contribution in [0.4, 0.5) is 10.5 Å². The van der Waals surface area contributed by atoms with Crippen LogP contribution in [-0.2, 0) is 9.59 Å². The average molecular weight is 339 g/mol. The van der Waals surface area contributed by atoms with Crippen molar-refractivity contribution in [3.63, 3.8) is 0 Å². The van der Waals surface area contributed by atoms with Crippen molar-refractivity contribution in [3.8, 4) is 11.5 Å². The van der Waals surface area contributed by atoms with Crippen LogP contribution in [0, 0.1) is 0 Å². The van der Waals surface area contributed by atoms with Crippen LogP contribution in [0.1, 0.15) is 0 Å². The van der Waals surface area contributed by atoms with Gasteiger partial charge in [0.05, 0.1) is 0 Å². The number of ether oxygens (including phenoxy) is 1. The second-order valence-electron chi connectivity index (χ2n) is 5.61. The van der Waals surface area contributed by atoms with Gasteiger partial charge in [-0.25, -0.2) is 4.79 Å². The van der Waals surface area contributed by atoms with Gasteiger partial charge >= 0.3 is 6.03 Å². The van der Waals surface area contributed by atoms with Crippen LogP contribution in [0.2, 0.25) is 0 Å². The first-order valence-electron chi connectivity index (χ1n) is 7.71. The van der Waals surface area contributed by atoms with E-state index in [0.717, 1.165) is 10.6 Å². The number of anilines is 1. The van der Waals surface area contributed by atoms with Crippen molar-refractivity contribution < 1.29 is 19.1 Å². The van der Waals surface area contributed by atoms with Crippen molar-refractivity contribution in [2.75, 3.05) is 25.5 Å². The van der Waals surface area contributed by atoms with Gasteiger partial charge in [0.25, 0.3) is 5.91 Å². The van der Waals surface area contributed by atoms with Crippen molar-refractivity contribution >= 4 is 23.5 Å². The maximum absolute atomic E-state index is 12.0. The summed E-state index contributed by atoms with van der Waals surface area (Å²) in [6.45, 7) is -0.304. The summed E-state index contributed by atoms with van der Waals surface area (Å²) in [6, 6.07) is 15.7. The van der Waals surface area contributed by atoms with E-state index in [1.165, 1.54) is 11.9 Å². The number of amides is 4. The Morgan fingerprint density at radius 3 is 2.28 bits per heavy atom. The van der Waals surface area contributed by atoms with Crippen LogP contribution in [0.15, 0.2) is 54.6 Å². The number of carbonyl (C=O) groups excluding carboxylic acids is 3. The monoisotopic (exact) mass is 339 g/mol. The first kappa shape index (κ1) is 16.5. The molecule has 1 aliphatic heterocycles. The summed E-state index contributed by atoms with van der Waals surface area (Å²) in [6.07, 6.45) is 0. The smallest absolute Gasteiger partial charge is 0.327 e. The van der Waals surface area contributed by atoms with Crippen LogP contribution < -0.4 is 10.1 Å². The number of nitrogens with one attached hydrogen (secondary N) is 1. The quantitative estimate of drug-likeness (QED) is 0.848. The van der Waals surface area contributed by atoms with Crippen LogP contribution in [0.5, 0.6) is 11.5 Å². The highest BCUT2D eigenvalue weighted by Crippen LogP contribution is 2.22. The summed E-state index contributed by atoms with van der Waals surface area (Å²) in [5, 5.41) is 2.66. The van der Waals surface area contributed by atoms with E-state index in [9.17, 15) is 14.4 Å². The van der Waals surface area contributed by atoms with Gasteiger partial charge in [-0.2, -0.15) is 0 Å². The molecule has 25 heavy (non-hydrogen) atoms. The zero-order chi connectivity index (χ0) is 17.8. The average Bonchev–Trinajstić information content (AvgIpc) is 2.84. The Bertz CT molecular complexity index is 790. The fourth-order valence-corrected chi connectivity index (χ4v) is 2.40. The van der Waals surface area contributed by atoms with Crippen molar-refractivity contribution in [2.45, 2.75) is 0 Å². The SMILES string of the molecule is CN1CC(=O)N(CC(=O)Nc2ccc(Oc3ccccc3)cc2)C1=O. The number of urea groups is 1. The molecule has 128 valence electrons. The third-order valence-corrected chi connectivity index (χ3v) is 3.65. The Labute approximate surface area is 144 Å². The molecule has 0 unspecified atom stereocenters. The standard InChI is InChI=1S/C18H17N3O4/c1-20-12-17(23)21(18(20)24)11-16(22)19-13-7-9-15(10-8-13)25-14-5-3-2-4-6-14/h2-10H,11-12H2,1H3,(H,19,22). The Morgan fingerprint density at radius 1 is 1.04 bits per heavy atom. The molecule has 1 heterocycles. The van der Waals surface area contributed by atoms with Gasteiger partial charge < -0.3 is 15.0 Å². The number of hydrogen-bond acceptors (Lipinski definition) is 4. The highest BCUT2D eigenvalue weighted by atomic mass is 16.5. The Hall–Kier alpha value is -3.35. The van der Waals surface area contributed by atoms with E-state index in [1.54, 1.807) is 24.3 Å². The molecule has 0 aromatic heterocycles. The van der Waals surface area contributed by atoms with Gasteiger partial charge in [0, 0.05) is 12.7 Å². The fraction of sp³-hybridized carbons (Fsp3) is 0.167. The van der Waals surface area contributed by atoms with Crippen LogP contribution >= 0.6 is 0 Å². The third-order valence-electron chi connectivity index (χ3n) is 3.65. The van der Waals surface area contributed by atoms with Crippen molar-refractivity contribution in [1.82, 2.24) is 9.80 Å². The molecule has 7 nitrogen and oxygen atoms in total. The summed E-state index contributed by atoms with van der Waals surface area (Å²) >= 11 is 0. The Kier molecular flexibility index (Phi) is 4.65. The molecule has 0 aliphatic carbocycles. The molecule has 0 atom stereocenters. The lowest BCUT2D eigenvalue weighted by Gasteiger charge is -2.14. The van der Waals surface area contributed by atoms with E-state index in [1.807, 2.05) is 30.3 Å². The fourth-order valence-electron chi connectivity index (χ4n) is 2.40. The van der Waals surface area contributed by atoms with Gasteiger partial charge in [-0.05, 0) is 36.4 Å². The van der Waals surface area contributed by atoms with E-state index in [0.29, 0.717) is 11.4 Å². The molecule has 0 bridgehead atoms. The van der Waals surface area contributed by atoms with Crippen LogP contribution in [0.25, 0.3) is 0 Å². The van der Waals surface area contributed by atoms with E-state index in [4.69, 9.17) is 4.74 Å². The summed E-state index contributed by atoms with van der Waals surface area (Å²) in [4.78, 5) is 37.7. The van der Waals surface area contributed by atoms with Gasteiger partial charge in [0.2, 0.25) is 5.91 Å². The molecule has 7 heteroatoms. The lowest BCUT2D eigenvalue weighted by molar-refractivity contribution is -0.129. The van der Waals surface area contributed by atoms with Gasteiger partial charge in [-0.3, -0.25) is 14.5 Å². The maximum atomic E-state index is 12.0. The number of carbonyl (C=O) groups is 3. The molecule has 2 aromatic rings. The number of benzene rings is 2. The van der Waals surface area contributed by atoms with Gasteiger partial charge in [-0.15, -0.1) is 0 Å². The topological polar surface area (TPSA) is 79.0 Å². The molecule has 0 spiro atoms. The predicted octanol–water partition coefficient (Wildman–Crippen LogP) is 2.31. The summed E-state index contributed by atoms with van der Waals surface area (Å²) in [5.74, 6) is 0.535. The number of likely N-dealkylation sites (N-methyl/N-ethyl adjacent to an activating group) is 1. The molecule has 2 aromatic carbocycles. The molecule has 1 aliphatic rings. The molecule has 4 amide bonds. The lowest BCUT2D eigenvalue weighted by atomic mass is 10.3. The normalized spacial score (nSPS) is 14.0. The highest BCUT2D eigenvalue weighted by Gasteiger charge is 2.34. The van der Waals surface area contributed by atoms with Crippen LogP contribution in [-0.4, -0.2) is 47.8 Å². The van der Waals surface area contributed by atoms with Crippen LogP contribution in [0.3, 0.4) is 0 Å². The number of imide groups is 1.